The zero-order valence-corrected chi connectivity index (χ0v) is 27.6. The molecule has 0 unspecified atom stereocenters. The molecule has 1 N–H and O–H groups in total. The molecule has 0 bridgehead atoms. The first-order valence-corrected chi connectivity index (χ1v) is 17.2. The lowest BCUT2D eigenvalue weighted by Crippen LogP contribution is -2.18. The lowest BCUT2D eigenvalue weighted by atomic mass is 9.78. The highest BCUT2D eigenvalue weighted by atomic mass is 33.1. The van der Waals surface area contributed by atoms with Crippen molar-refractivity contribution in [3.8, 4) is 17.2 Å². The van der Waals surface area contributed by atoms with E-state index in [1.807, 2.05) is 48.5 Å². The van der Waals surface area contributed by atoms with E-state index in [2.05, 4.69) is 58.9 Å². The predicted molar refractivity (Wildman–Crippen MR) is 182 cm³/mol. The van der Waals surface area contributed by atoms with Crippen LogP contribution in [0.5, 0.6) is 17.2 Å². The predicted octanol–water partition coefficient (Wildman–Crippen LogP) is 9.03. The monoisotopic (exact) mass is 628 g/mol. The van der Waals surface area contributed by atoms with Gasteiger partial charge in [-0.05, 0) is 65.6 Å². The molecule has 0 spiro atoms. The zero-order chi connectivity index (χ0) is 31.7. The van der Waals surface area contributed by atoms with Gasteiger partial charge in [-0.1, -0.05) is 116 Å². The summed E-state index contributed by atoms with van der Waals surface area (Å²) in [6.45, 7) is 10.7. The minimum Gasteiger partial charge on any atom is -0.508 e. The van der Waals surface area contributed by atoms with Gasteiger partial charge >= 0.3 is 11.9 Å². The minimum absolute atomic E-state index is 0.159. The van der Waals surface area contributed by atoms with Crippen LogP contribution in [0.4, 0.5) is 0 Å². The Morgan fingerprint density at radius 1 is 0.568 bits per heavy atom. The van der Waals surface area contributed by atoms with Crippen molar-refractivity contribution in [2.45, 2.75) is 58.3 Å². The van der Waals surface area contributed by atoms with E-state index in [1.165, 1.54) is 21.9 Å². The largest absolute Gasteiger partial charge is 0.508 e. The number of phenols is 1. The standard InChI is InChI=1S/C37H40O5S2/c1-26-6-8-27(9-7-26)36(2,3)29-12-18-32(19-13-29)41-34(39)22-24-43-44-25-23-35(40)42-33-20-14-30(15-21-33)37(4,5)28-10-16-31(38)17-11-28/h6-21,38H,22-25H2,1-5H3. The number of hydrogen-bond donors (Lipinski definition) is 1. The topological polar surface area (TPSA) is 72.8 Å². The first-order chi connectivity index (χ1) is 20.9. The number of carbonyl (C=O) groups excluding carboxylic acids is 2. The minimum atomic E-state index is -0.294. The maximum absolute atomic E-state index is 12.3. The summed E-state index contributed by atoms with van der Waals surface area (Å²) in [7, 11) is 3.08. The van der Waals surface area contributed by atoms with Crippen LogP contribution in [0, 0.1) is 6.92 Å². The van der Waals surface area contributed by atoms with Crippen LogP contribution in [0.3, 0.4) is 0 Å². The Labute approximate surface area is 268 Å². The number of benzene rings is 4. The molecule has 4 aromatic carbocycles. The van der Waals surface area contributed by atoms with Crippen LogP contribution in [0.1, 0.15) is 68.4 Å². The molecule has 0 aromatic heterocycles. The van der Waals surface area contributed by atoms with Crippen LogP contribution in [0.15, 0.2) is 97.1 Å². The van der Waals surface area contributed by atoms with Gasteiger partial charge in [-0.2, -0.15) is 0 Å². The molecule has 0 aliphatic heterocycles. The van der Waals surface area contributed by atoms with Crippen molar-refractivity contribution in [3.05, 3.63) is 125 Å². The molecule has 5 nitrogen and oxygen atoms in total. The molecule has 0 radical (unpaired) electrons. The Bertz CT molecular complexity index is 1410. The molecule has 230 valence electrons. The van der Waals surface area contributed by atoms with Crippen molar-refractivity contribution in [1.82, 2.24) is 0 Å². The average Bonchev–Trinajstić information content (AvgIpc) is 3.00. The van der Waals surface area contributed by atoms with Crippen molar-refractivity contribution in [1.29, 1.82) is 0 Å². The molecule has 44 heavy (non-hydrogen) atoms. The summed E-state index contributed by atoms with van der Waals surface area (Å²) in [6, 6.07) is 31.0. The van der Waals surface area contributed by atoms with Gasteiger partial charge in [-0.3, -0.25) is 9.59 Å². The molecule has 0 heterocycles. The van der Waals surface area contributed by atoms with E-state index in [0.29, 0.717) is 23.0 Å². The molecular formula is C37H40O5S2. The lowest BCUT2D eigenvalue weighted by molar-refractivity contribution is -0.134. The Hall–Kier alpha value is -3.68. The SMILES string of the molecule is Cc1ccc(C(C)(C)c2ccc(OC(=O)CCSSCCC(=O)Oc3ccc(C(C)(C)c4ccc(O)cc4)cc3)cc2)cc1. The Morgan fingerprint density at radius 3 is 1.25 bits per heavy atom. The third-order valence-corrected chi connectivity index (χ3v) is 10.2. The van der Waals surface area contributed by atoms with Gasteiger partial charge in [-0.25, -0.2) is 0 Å². The molecule has 4 aromatic rings. The highest BCUT2D eigenvalue weighted by molar-refractivity contribution is 8.76. The summed E-state index contributed by atoms with van der Waals surface area (Å²) in [5.74, 6) is 1.89. The van der Waals surface area contributed by atoms with E-state index in [1.54, 1.807) is 35.1 Å². The number of phenolic OH excluding ortho intramolecular Hbond substituents is 1. The third-order valence-electron chi connectivity index (χ3n) is 7.84. The van der Waals surface area contributed by atoms with E-state index >= 15 is 0 Å². The molecule has 0 saturated heterocycles. The molecule has 0 atom stereocenters. The number of hydrogen-bond acceptors (Lipinski definition) is 7. The normalized spacial score (nSPS) is 11.7. The highest BCUT2D eigenvalue weighted by Gasteiger charge is 2.24. The Kier molecular flexibility index (Phi) is 11.2. The summed E-state index contributed by atoms with van der Waals surface area (Å²) in [6.07, 6.45) is 0.555. The summed E-state index contributed by atoms with van der Waals surface area (Å²) in [5.41, 5.74) is 5.35. The van der Waals surface area contributed by atoms with Gasteiger partial charge in [0.1, 0.15) is 17.2 Å². The van der Waals surface area contributed by atoms with Crippen LogP contribution in [-0.2, 0) is 20.4 Å². The van der Waals surface area contributed by atoms with E-state index in [9.17, 15) is 14.7 Å². The number of ether oxygens (including phenoxy) is 2. The number of rotatable bonds is 13. The van der Waals surface area contributed by atoms with Crippen LogP contribution in [0.2, 0.25) is 0 Å². The first kappa shape index (κ1) is 33.2. The first-order valence-electron chi connectivity index (χ1n) is 14.7. The van der Waals surface area contributed by atoms with E-state index in [-0.39, 0.29) is 41.4 Å². The number of carbonyl (C=O) groups is 2. The zero-order valence-electron chi connectivity index (χ0n) is 26.0. The van der Waals surface area contributed by atoms with Gasteiger partial charge in [0.05, 0.1) is 12.8 Å². The maximum Gasteiger partial charge on any atom is 0.312 e. The van der Waals surface area contributed by atoms with Gasteiger partial charge in [0.25, 0.3) is 0 Å². The molecule has 7 heteroatoms. The van der Waals surface area contributed by atoms with Crippen molar-refractivity contribution in [3.63, 3.8) is 0 Å². The van der Waals surface area contributed by atoms with Gasteiger partial charge in [0, 0.05) is 22.3 Å². The summed E-state index contributed by atoms with van der Waals surface area (Å²) >= 11 is 0. The number of esters is 2. The Morgan fingerprint density at radius 2 is 0.886 bits per heavy atom. The van der Waals surface area contributed by atoms with E-state index in [0.717, 1.165) is 16.7 Å². The molecular weight excluding hydrogens is 589 g/mol. The van der Waals surface area contributed by atoms with Crippen LogP contribution in [0.25, 0.3) is 0 Å². The second-order valence-electron chi connectivity index (χ2n) is 11.8. The molecule has 0 saturated carbocycles. The van der Waals surface area contributed by atoms with Gasteiger partial charge in [0.15, 0.2) is 0 Å². The van der Waals surface area contributed by atoms with Crippen LogP contribution < -0.4 is 9.47 Å². The Balaban J connectivity index is 1.13. The summed E-state index contributed by atoms with van der Waals surface area (Å²) in [4.78, 5) is 24.7. The molecule has 0 amide bonds. The van der Waals surface area contributed by atoms with E-state index < -0.39 is 0 Å². The van der Waals surface area contributed by atoms with Crippen molar-refractivity contribution < 1.29 is 24.2 Å². The van der Waals surface area contributed by atoms with E-state index in [4.69, 9.17) is 9.47 Å². The average molecular weight is 629 g/mol. The molecule has 4 rings (SSSR count). The van der Waals surface area contributed by atoms with Crippen molar-refractivity contribution >= 4 is 33.5 Å². The van der Waals surface area contributed by atoms with Crippen LogP contribution >= 0.6 is 21.6 Å². The second kappa shape index (κ2) is 14.9. The summed E-state index contributed by atoms with van der Waals surface area (Å²) in [5, 5.41) is 9.58. The smallest absolute Gasteiger partial charge is 0.312 e. The van der Waals surface area contributed by atoms with Gasteiger partial charge in [0.2, 0.25) is 0 Å². The molecule has 0 aliphatic carbocycles. The molecule has 0 fully saturated rings. The maximum atomic E-state index is 12.3. The molecule has 0 aliphatic rings. The fraction of sp³-hybridized carbons (Fsp3) is 0.297. The second-order valence-corrected chi connectivity index (χ2v) is 14.5. The van der Waals surface area contributed by atoms with Crippen molar-refractivity contribution in [2.24, 2.45) is 0 Å². The van der Waals surface area contributed by atoms with Gasteiger partial charge < -0.3 is 14.6 Å². The van der Waals surface area contributed by atoms with Crippen LogP contribution in [-0.4, -0.2) is 28.6 Å². The van der Waals surface area contributed by atoms with Gasteiger partial charge in [-0.15, -0.1) is 0 Å². The van der Waals surface area contributed by atoms with Crippen molar-refractivity contribution in [2.75, 3.05) is 11.5 Å². The number of aryl methyl sites for hydroxylation is 1. The summed E-state index contributed by atoms with van der Waals surface area (Å²) < 4.78 is 11.0. The highest BCUT2D eigenvalue weighted by Crippen LogP contribution is 2.34. The quantitative estimate of drug-likeness (QED) is 0.0685. The fourth-order valence-corrected chi connectivity index (χ4v) is 6.74. The third kappa shape index (κ3) is 8.93. The lowest BCUT2D eigenvalue weighted by Gasteiger charge is -2.26. The fourth-order valence-electron chi connectivity index (χ4n) is 4.79. The number of aromatic hydroxyl groups is 1.